The van der Waals surface area contributed by atoms with Gasteiger partial charge in [-0.1, -0.05) is 100 Å². The molecule has 2 aliphatic carbocycles. The number of nitro benzene ring substituents is 1. The maximum absolute atomic E-state index is 12.9. The van der Waals surface area contributed by atoms with Crippen LogP contribution in [-0.2, 0) is 18.9 Å². The molecule has 14 heteroatoms. The molecular weight excluding hydrogens is 748 g/mol. The molecule has 4 aromatic carbocycles. The van der Waals surface area contributed by atoms with E-state index in [-0.39, 0.29) is 49.9 Å². The Morgan fingerprint density at radius 1 is 0.586 bits per heavy atom. The lowest BCUT2D eigenvalue weighted by molar-refractivity contribution is -0.385. The number of benzene rings is 4. The van der Waals surface area contributed by atoms with Crippen LogP contribution in [0.15, 0.2) is 84.9 Å². The van der Waals surface area contributed by atoms with Crippen LogP contribution >= 0.6 is 0 Å². The molecule has 2 unspecified atom stereocenters. The van der Waals surface area contributed by atoms with Gasteiger partial charge in [0.05, 0.1) is 36.9 Å². The summed E-state index contributed by atoms with van der Waals surface area (Å²) >= 11 is 0. The molecule has 2 saturated heterocycles. The number of nitrogens with two attached hydrogens (primary N) is 1. The number of nitro groups is 1. The molecule has 2 aliphatic heterocycles. The van der Waals surface area contributed by atoms with E-state index in [0.29, 0.717) is 32.0 Å². The van der Waals surface area contributed by atoms with Crippen molar-refractivity contribution in [1.29, 1.82) is 0 Å². The van der Waals surface area contributed by atoms with Crippen molar-refractivity contribution in [2.45, 2.75) is 40.3 Å². The van der Waals surface area contributed by atoms with Crippen molar-refractivity contribution in [2.75, 3.05) is 32.2 Å². The van der Waals surface area contributed by atoms with Crippen LogP contribution in [0, 0.1) is 32.8 Å². The van der Waals surface area contributed by atoms with E-state index in [2.05, 4.69) is 13.8 Å². The Bertz CT molecular complexity index is 2360. The lowest BCUT2D eigenvalue weighted by atomic mass is 9.92. The van der Waals surface area contributed by atoms with Crippen molar-refractivity contribution in [3.63, 3.8) is 0 Å². The average Bonchev–Trinajstić information content (AvgIpc) is 3.62. The van der Waals surface area contributed by atoms with E-state index in [1.54, 1.807) is 48.5 Å². The van der Waals surface area contributed by atoms with Gasteiger partial charge in [0, 0.05) is 56.0 Å². The zero-order valence-corrected chi connectivity index (χ0v) is 32.1. The number of ether oxygens (including phenoxy) is 4. The molecule has 2 heterocycles. The average molecular weight is 789 g/mol. The Kier molecular flexibility index (Phi) is 10.6. The molecular formula is C44H40N2O12. The molecule has 0 saturated carbocycles. The first-order valence-corrected chi connectivity index (χ1v) is 18.6. The van der Waals surface area contributed by atoms with Gasteiger partial charge in [0.2, 0.25) is 0 Å². The summed E-state index contributed by atoms with van der Waals surface area (Å²) in [4.78, 5) is 87.0. The predicted molar refractivity (Wildman–Crippen MR) is 207 cm³/mol. The molecule has 14 nitrogen and oxygen atoms in total. The van der Waals surface area contributed by atoms with Crippen LogP contribution in [0.2, 0.25) is 0 Å². The number of Topliss-reactive ketones (excluding diaryl/α,β-unsaturated/α-hetero) is 6. The van der Waals surface area contributed by atoms with Crippen molar-refractivity contribution in [3.05, 3.63) is 140 Å². The Morgan fingerprint density at radius 3 is 1.36 bits per heavy atom. The summed E-state index contributed by atoms with van der Waals surface area (Å²) in [5, 5.41) is 11.2. The van der Waals surface area contributed by atoms with Gasteiger partial charge in [0.1, 0.15) is 17.4 Å². The van der Waals surface area contributed by atoms with Gasteiger partial charge in [-0.2, -0.15) is 0 Å². The van der Waals surface area contributed by atoms with Gasteiger partial charge in [0.25, 0.3) is 5.69 Å². The third-order valence-corrected chi connectivity index (χ3v) is 10.4. The summed E-state index contributed by atoms with van der Waals surface area (Å²) in [6.45, 7) is 10.4. The van der Waals surface area contributed by atoms with Gasteiger partial charge in [-0.3, -0.25) is 38.9 Å². The smallest absolute Gasteiger partial charge is 0.280 e. The number of nitrogen functional groups attached to an aromatic ring is 1. The molecule has 8 rings (SSSR count). The van der Waals surface area contributed by atoms with Gasteiger partial charge < -0.3 is 24.7 Å². The first kappa shape index (κ1) is 40.1. The molecule has 0 amide bonds. The summed E-state index contributed by atoms with van der Waals surface area (Å²) in [6, 6.07) is 21.4. The minimum Gasteiger partial charge on any atom is -0.398 e. The molecule has 0 bridgehead atoms. The van der Waals surface area contributed by atoms with Crippen molar-refractivity contribution < 1.29 is 52.6 Å². The lowest BCUT2D eigenvalue weighted by Gasteiger charge is -2.34. The van der Waals surface area contributed by atoms with E-state index in [4.69, 9.17) is 24.7 Å². The molecule has 2 fully saturated rings. The molecule has 0 aromatic heterocycles. The summed E-state index contributed by atoms with van der Waals surface area (Å²) in [5.74, 6) is -6.76. The fourth-order valence-corrected chi connectivity index (χ4v) is 7.23. The monoisotopic (exact) mass is 788 g/mol. The molecule has 0 radical (unpaired) electrons. The number of rotatable bonds is 7. The van der Waals surface area contributed by atoms with Crippen LogP contribution in [0.3, 0.4) is 0 Å². The maximum Gasteiger partial charge on any atom is 0.280 e. The number of hydrogen-bond acceptors (Lipinski definition) is 13. The Labute approximate surface area is 332 Å². The normalized spacial score (nSPS) is 21.2. The summed E-state index contributed by atoms with van der Waals surface area (Å²) in [6.07, 6.45) is -1.04. The Balaban J connectivity index is 0.000000177. The number of anilines is 1. The van der Waals surface area contributed by atoms with Crippen molar-refractivity contribution >= 4 is 46.1 Å². The van der Waals surface area contributed by atoms with Crippen LogP contribution < -0.4 is 5.73 Å². The highest BCUT2D eigenvalue weighted by Crippen LogP contribution is 2.37. The standard InChI is InChI=1S/C22H19NO7.C22H21NO5/c1-22(2)10-29-21(30-11-22)13-8-6-12(7-9-13)18(24)17-19(25)14-4-3-5-15(23(27)28)16(14)20(17)26;1-22(2)10-27-21(28-11-22)13-8-6-12(7-9-13)18(24)17-19(25)14-4-3-5-15(23)16(14)20(17)26/h3-9,17,21H,10-11H2,1-2H3;3-9,17,21H,10-11,23H2,1-2H3. The first-order chi connectivity index (χ1) is 27.5. The van der Waals surface area contributed by atoms with Gasteiger partial charge in [-0.25, -0.2) is 0 Å². The maximum atomic E-state index is 12.9. The number of hydrogen-bond donors (Lipinski definition) is 1. The zero-order chi connectivity index (χ0) is 41.7. The Hall–Kier alpha value is -6.06. The van der Waals surface area contributed by atoms with E-state index >= 15 is 0 Å². The quantitative estimate of drug-likeness (QED) is 0.0676. The lowest BCUT2D eigenvalue weighted by Crippen LogP contribution is -2.33. The molecule has 4 aromatic rings. The van der Waals surface area contributed by atoms with E-state index in [1.807, 2.05) is 13.8 Å². The van der Waals surface area contributed by atoms with Crippen LogP contribution in [0.5, 0.6) is 0 Å². The SMILES string of the molecule is CC1(C)COC(c2ccc(C(=O)C3C(=O)c4cccc(N)c4C3=O)cc2)OC1.CC1(C)COC(c2ccc(C(=O)C3C(=O)c4cccc([N+](=O)[O-])c4C3=O)cc2)OC1. The molecule has 2 N–H and O–H groups in total. The van der Waals surface area contributed by atoms with Crippen LogP contribution in [0.1, 0.15) is 114 Å². The molecule has 2 atom stereocenters. The van der Waals surface area contributed by atoms with Crippen molar-refractivity contribution in [1.82, 2.24) is 0 Å². The number of carbonyl (C=O) groups excluding carboxylic acids is 6. The number of fused-ring (bicyclic) bond motifs is 2. The van der Waals surface area contributed by atoms with E-state index < -0.39 is 69.7 Å². The number of carbonyl (C=O) groups is 6. The second kappa shape index (κ2) is 15.4. The zero-order valence-electron chi connectivity index (χ0n) is 32.1. The second-order valence-corrected chi connectivity index (χ2v) is 16.3. The predicted octanol–water partition coefficient (Wildman–Crippen LogP) is 6.76. The highest BCUT2D eigenvalue weighted by atomic mass is 16.7. The highest BCUT2D eigenvalue weighted by molar-refractivity contribution is 6.39. The van der Waals surface area contributed by atoms with E-state index in [1.165, 1.54) is 30.3 Å². The van der Waals surface area contributed by atoms with Crippen LogP contribution in [0.4, 0.5) is 11.4 Å². The minimum absolute atomic E-state index is 0.0353. The molecule has 0 spiro atoms. The summed E-state index contributed by atoms with van der Waals surface area (Å²) < 4.78 is 22.9. The Morgan fingerprint density at radius 2 is 0.966 bits per heavy atom. The fraction of sp³-hybridized carbons (Fsp3) is 0.318. The summed E-state index contributed by atoms with van der Waals surface area (Å²) in [7, 11) is 0. The molecule has 58 heavy (non-hydrogen) atoms. The summed E-state index contributed by atoms with van der Waals surface area (Å²) in [5.41, 5.74) is 7.40. The van der Waals surface area contributed by atoms with Crippen molar-refractivity contribution in [3.8, 4) is 0 Å². The van der Waals surface area contributed by atoms with Gasteiger partial charge in [-0.15, -0.1) is 0 Å². The third-order valence-electron chi connectivity index (χ3n) is 10.4. The second-order valence-electron chi connectivity index (χ2n) is 16.3. The van der Waals surface area contributed by atoms with Gasteiger partial charge in [0.15, 0.2) is 47.3 Å². The number of ketones is 6. The first-order valence-electron chi connectivity index (χ1n) is 18.6. The van der Waals surface area contributed by atoms with Crippen LogP contribution in [0.25, 0.3) is 0 Å². The largest absolute Gasteiger partial charge is 0.398 e. The highest BCUT2D eigenvalue weighted by Gasteiger charge is 2.47. The molecule has 4 aliphatic rings. The van der Waals surface area contributed by atoms with E-state index in [9.17, 15) is 38.9 Å². The van der Waals surface area contributed by atoms with Crippen molar-refractivity contribution in [2.24, 2.45) is 22.7 Å². The number of nitrogens with zero attached hydrogens (tertiary/aromatic N) is 1. The third kappa shape index (κ3) is 7.54. The van der Waals surface area contributed by atoms with Gasteiger partial charge >= 0.3 is 0 Å². The fourth-order valence-electron chi connectivity index (χ4n) is 7.23. The van der Waals surface area contributed by atoms with E-state index in [0.717, 1.165) is 11.6 Å². The minimum atomic E-state index is -1.60. The molecule has 298 valence electrons. The topological polar surface area (TPSA) is 208 Å². The van der Waals surface area contributed by atoms with Gasteiger partial charge in [-0.05, 0) is 6.07 Å². The van der Waals surface area contributed by atoms with Crippen LogP contribution in [-0.4, -0.2) is 66.1 Å².